The van der Waals surface area contributed by atoms with E-state index in [1.165, 1.54) is 10.4 Å². The van der Waals surface area contributed by atoms with Crippen molar-refractivity contribution in [1.29, 1.82) is 0 Å². The topological polar surface area (TPSA) is 21.3 Å². The molecule has 0 aromatic carbocycles. The molecule has 84 valence electrons. The number of methoxy groups -OCH3 is 1. The largest absolute Gasteiger partial charge is 0.382 e. The summed E-state index contributed by atoms with van der Waals surface area (Å²) in [6.45, 7) is 6.35. The molecule has 3 heteroatoms. The number of nitrogens with one attached hydrogen (secondary N) is 1. The van der Waals surface area contributed by atoms with E-state index < -0.39 is 0 Å². The first-order chi connectivity index (χ1) is 7.20. The van der Waals surface area contributed by atoms with Crippen LogP contribution in [-0.4, -0.2) is 20.3 Å². The Balaban J connectivity index is 2.42. The van der Waals surface area contributed by atoms with E-state index in [9.17, 15) is 0 Å². The number of hydrogen-bond donors (Lipinski definition) is 1. The summed E-state index contributed by atoms with van der Waals surface area (Å²) in [5.74, 6) is 0.547. The smallest absolute Gasteiger partial charge is 0.0705 e. The maximum Gasteiger partial charge on any atom is 0.0705 e. The third kappa shape index (κ3) is 1.73. The molecule has 0 spiro atoms. The summed E-state index contributed by atoms with van der Waals surface area (Å²) in [7, 11) is 1.78. The van der Waals surface area contributed by atoms with Crippen molar-refractivity contribution >= 4 is 11.3 Å². The molecule has 1 N–H and O–H groups in total. The second kappa shape index (κ2) is 4.24. The van der Waals surface area contributed by atoms with Gasteiger partial charge in [0.05, 0.1) is 12.1 Å². The fourth-order valence-corrected chi connectivity index (χ4v) is 3.43. The maximum absolute atomic E-state index is 5.41. The monoisotopic (exact) mass is 225 g/mol. The minimum atomic E-state index is 0.0301. The van der Waals surface area contributed by atoms with E-state index in [2.05, 4.69) is 30.6 Å². The molecule has 0 saturated heterocycles. The van der Waals surface area contributed by atoms with Crippen molar-refractivity contribution in [3.8, 4) is 0 Å². The lowest BCUT2D eigenvalue weighted by Crippen LogP contribution is -2.53. The predicted octanol–water partition coefficient (Wildman–Crippen LogP) is 2.39. The summed E-state index contributed by atoms with van der Waals surface area (Å²) < 4.78 is 5.41. The van der Waals surface area contributed by atoms with Gasteiger partial charge in [-0.05, 0) is 29.3 Å². The van der Waals surface area contributed by atoms with Crippen LogP contribution in [0.2, 0.25) is 0 Å². The van der Waals surface area contributed by atoms with Gasteiger partial charge in [-0.15, -0.1) is 11.3 Å². The zero-order chi connectivity index (χ0) is 10.9. The highest BCUT2D eigenvalue weighted by atomic mass is 32.1. The highest BCUT2D eigenvalue weighted by Crippen LogP contribution is 2.37. The Labute approximate surface area is 95.6 Å². The second-order valence-electron chi connectivity index (χ2n) is 4.49. The van der Waals surface area contributed by atoms with Crippen LogP contribution in [0, 0.1) is 5.92 Å². The van der Waals surface area contributed by atoms with Crippen molar-refractivity contribution in [2.45, 2.75) is 25.8 Å². The van der Waals surface area contributed by atoms with E-state index in [4.69, 9.17) is 4.74 Å². The molecule has 1 aliphatic rings. The normalized spacial score (nSPS) is 25.6. The Hall–Kier alpha value is -0.380. The van der Waals surface area contributed by atoms with Gasteiger partial charge in [-0.2, -0.15) is 0 Å². The molecule has 1 aromatic heterocycles. The summed E-state index contributed by atoms with van der Waals surface area (Å²) in [5, 5.41) is 5.86. The number of rotatable bonds is 3. The quantitative estimate of drug-likeness (QED) is 0.853. The van der Waals surface area contributed by atoms with E-state index in [-0.39, 0.29) is 5.54 Å². The first-order valence-corrected chi connectivity index (χ1v) is 6.39. The summed E-state index contributed by atoms with van der Waals surface area (Å²) in [5.41, 5.74) is 1.48. The molecule has 1 unspecified atom stereocenters. The predicted molar refractivity (Wildman–Crippen MR) is 64.4 cm³/mol. The fourth-order valence-electron chi connectivity index (χ4n) is 2.46. The lowest BCUT2D eigenvalue weighted by Gasteiger charge is -2.41. The number of ether oxygens (including phenoxy) is 1. The van der Waals surface area contributed by atoms with E-state index in [1.54, 1.807) is 7.11 Å². The summed E-state index contributed by atoms with van der Waals surface area (Å²) in [4.78, 5) is 1.53. The number of hydrogen-bond acceptors (Lipinski definition) is 3. The lowest BCUT2D eigenvalue weighted by molar-refractivity contribution is 0.0724. The SMILES string of the molecule is COCC1(C(C)C)NCCc2sccc21. The van der Waals surface area contributed by atoms with E-state index in [0.29, 0.717) is 5.92 Å². The molecule has 1 atom stereocenters. The first-order valence-electron chi connectivity index (χ1n) is 5.51. The Bertz CT molecular complexity index is 334. The Kier molecular flexibility index (Phi) is 3.14. The van der Waals surface area contributed by atoms with Crippen molar-refractivity contribution < 1.29 is 4.74 Å². The van der Waals surface area contributed by atoms with Crippen molar-refractivity contribution in [3.63, 3.8) is 0 Å². The van der Waals surface area contributed by atoms with Crippen LogP contribution in [-0.2, 0) is 16.7 Å². The average Bonchev–Trinajstić information content (AvgIpc) is 2.66. The van der Waals surface area contributed by atoms with Gasteiger partial charge in [-0.1, -0.05) is 13.8 Å². The number of thiophene rings is 1. The maximum atomic E-state index is 5.41. The zero-order valence-electron chi connectivity index (χ0n) is 9.67. The summed E-state index contributed by atoms with van der Waals surface area (Å²) in [6.07, 6.45) is 1.16. The van der Waals surface area contributed by atoms with Crippen molar-refractivity contribution in [1.82, 2.24) is 5.32 Å². The Morgan fingerprint density at radius 2 is 2.40 bits per heavy atom. The fraction of sp³-hybridized carbons (Fsp3) is 0.667. The standard InChI is InChI=1S/C12H19NOS/c1-9(2)12(8-14-3)10-5-7-15-11(10)4-6-13-12/h5,7,9,13H,4,6,8H2,1-3H3. The van der Waals surface area contributed by atoms with E-state index >= 15 is 0 Å². The van der Waals surface area contributed by atoms with Gasteiger partial charge in [-0.3, -0.25) is 0 Å². The van der Waals surface area contributed by atoms with Crippen LogP contribution in [0.25, 0.3) is 0 Å². The molecule has 0 radical (unpaired) electrons. The highest BCUT2D eigenvalue weighted by molar-refractivity contribution is 7.10. The summed E-state index contributed by atoms with van der Waals surface area (Å²) >= 11 is 1.88. The molecule has 1 aliphatic heterocycles. The van der Waals surface area contributed by atoms with Crippen LogP contribution in [0.4, 0.5) is 0 Å². The average molecular weight is 225 g/mol. The van der Waals surface area contributed by atoms with Crippen LogP contribution in [0.15, 0.2) is 11.4 Å². The van der Waals surface area contributed by atoms with Crippen LogP contribution in [0.1, 0.15) is 24.3 Å². The van der Waals surface area contributed by atoms with E-state index in [0.717, 1.165) is 19.6 Å². The summed E-state index contributed by atoms with van der Waals surface area (Å²) in [6, 6.07) is 2.26. The van der Waals surface area contributed by atoms with Gasteiger partial charge in [0, 0.05) is 18.5 Å². The Morgan fingerprint density at radius 1 is 1.60 bits per heavy atom. The molecule has 0 bridgehead atoms. The van der Waals surface area contributed by atoms with E-state index in [1.807, 2.05) is 11.3 Å². The first kappa shape index (κ1) is 11.1. The van der Waals surface area contributed by atoms with Gasteiger partial charge in [0.1, 0.15) is 0 Å². The molecule has 2 rings (SSSR count). The van der Waals surface area contributed by atoms with Gasteiger partial charge in [0.2, 0.25) is 0 Å². The van der Waals surface area contributed by atoms with Crippen molar-refractivity contribution in [2.75, 3.05) is 20.3 Å². The van der Waals surface area contributed by atoms with Crippen LogP contribution in [0.3, 0.4) is 0 Å². The van der Waals surface area contributed by atoms with Crippen LogP contribution < -0.4 is 5.32 Å². The van der Waals surface area contributed by atoms with Gasteiger partial charge in [0.25, 0.3) is 0 Å². The van der Waals surface area contributed by atoms with Gasteiger partial charge < -0.3 is 10.1 Å². The third-order valence-electron chi connectivity index (χ3n) is 3.38. The van der Waals surface area contributed by atoms with Crippen molar-refractivity contribution in [2.24, 2.45) is 5.92 Å². The highest BCUT2D eigenvalue weighted by Gasteiger charge is 2.39. The van der Waals surface area contributed by atoms with Crippen LogP contribution >= 0.6 is 11.3 Å². The molecule has 15 heavy (non-hydrogen) atoms. The van der Waals surface area contributed by atoms with Gasteiger partial charge in [0.15, 0.2) is 0 Å². The third-order valence-corrected chi connectivity index (χ3v) is 4.36. The van der Waals surface area contributed by atoms with Crippen LogP contribution in [0.5, 0.6) is 0 Å². The molecule has 2 heterocycles. The zero-order valence-corrected chi connectivity index (χ0v) is 10.5. The van der Waals surface area contributed by atoms with Gasteiger partial charge in [-0.25, -0.2) is 0 Å². The minimum Gasteiger partial charge on any atom is -0.382 e. The molecular weight excluding hydrogens is 206 g/mol. The van der Waals surface area contributed by atoms with Crippen molar-refractivity contribution in [3.05, 3.63) is 21.9 Å². The second-order valence-corrected chi connectivity index (χ2v) is 5.49. The van der Waals surface area contributed by atoms with Gasteiger partial charge >= 0.3 is 0 Å². The molecular formula is C12H19NOS. The molecule has 2 nitrogen and oxygen atoms in total. The Morgan fingerprint density at radius 3 is 3.07 bits per heavy atom. The minimum absolute atomic E-state index is 0.0301. The molecule has 0 aliphatic carbocycles. The molecule has 0 saturated carbocycles. The molecule has 1 aromatic rings. The molecule has 0 fully saturated rings. The molecule has 0 amide bonds. The lowest BCUT2D eigenvalue weighted by atomic mass is 9.78. The number of fused-ring (bicyclic) bond motifs is 1.